The highest BCUT2D eigenvalue weighted by Crippen LogP contribution is 2.30. The summed E-state index contributed by atoms with van der Waals surface area (Å²) in [6, 6.07) is 1.63. The second-order valence-corrected chi connectivity index (χ2v) is 10.9. The summed E-state index contributed by atoms with van der Waals surface area (Å²) in [5.74, 6) is -0.757. The van der Waals surface area contributed by atoms with Gasteiger partial charge in [0.15, 0.2) is 5.65 Å². The number of rotatable bonds is 12. The predicted octanol–water partition coefficient (Wildman–Crippen LogP) is 3.23. The molecular formula is C29H35F3N8O6. The quantitative estimate of drug-likeness (QED) is 0.249. The number of likely N-dealkylation sites (N-methyl/N-ethyl adjacent to an activating group) is 1. The first-order valence-electron chi connectivity index (χ1n) is 14.6. The third-order valence-electron chi connectivity index (χ3n) is 7.24. The number of halogens is 3. The summed E-state index contributed by atoms with van der Waals surface area (Å²) < 4.78 is 47.9. The molecule has 1 aliphatic rings. The van der Waals surface area contributed by atoms with E-state index in [1.807, 2.05) is 0 Å². The lowest BCUT2D eigenvalue weighted by Crippen LogP contribution is -2.44. The molecule has 3 aromatic rings. The molecule has 0 aromatic carbocycles. The number of anilines is 1. The van der Waals surface area contributed by atoms with E-state index in [-0.39, 0.29) is 47.8 Å². The first-order chi connectivity index (χ1) is 21.8. The van der Waals surface area contributed by atoms with E-state index in [0.29, 0.717) is 18.9 Å². The number of imidazole rings is 1. The average Bonchev–Trinajstić information content (AvgIpc) is 3.37. The van der Waals surface area contributed by atoms with Crippen molar-refractivity contribution in [2.75, 3.05) is 26.0 Å². The summed E-state index contributed by atoms with van der Waals surface area (Å²) in [7, 11) is 3.15. The molecule has 2 atom stereocenters. The number of hydrogen-bond donors (Lipinski definition) is 3. The Morgan fingerprint density at radius 2 is 2.02 bits per heavy atom. The van der Waals surface area contributed by atoms with Crippen LogP contribution in [0.2, 0.25) is 0 Å². The summed E-state index contributed by atoms with van der Waals surface area (Å²) in [5.41, 5.74) is -0.185. The lowest BCUT2D eigenvalue weighted by molar-refractivity contribution is -0.134. The molecule has 3 amide bonds. The van der Waals surface area contributed by atoms with Crippen LogP contribution in [0.3, 0.4) is 0 Å². The van der Waals surface area contributed by atoms with E-state index in [1.54, 1.807) is 18.7 Å². The number of fused-ring (bicyclic) bond motifs is 1. The third kappa shape index (κ3) is 8.89. The summed E-state index contributed by atoms with van der Waals surface area (Å²) in [5, 5.41) is 13.8. The normalized spacial score (nSPS) is 16.0. The van der Waals surface area contributed by atoms with Crippen LogP contribution in [0.4, 0.5) is 23.7 Å². The van der Waals surface area contributed by atoms with Gasteiger partial charge in [-0.3, -0.25) is 19.0 Å². The molecular weight excluding hydrogens is 613 g/mol. The van der Waals surface area contributed by atoms with Gasteiger partial charge in [-0.15, -0.1) is 0 Å². The molecule has 1 fully saturated rings. The molecule has 3 aromatic heterocycles. The number of nitrogens with zero attached hydrogens (tertiary/aromatic N) is 6. The standard InChI is InChI=1S/C29H35F3N8O6/c1-38(2)22(41)10-4-3-8-19(36-28(44)45)26(42)35-20-9-7-14-39(27(20)43)16-21-37-24-18(12-13-29(30,31)32)33-17-34-25(24)40(21)23-11-5-6-15-46-23/h4,7,9-10,14,17,19,23,36H,3,5-6,8,11-13,15-16H2,1-2H3,(H,35,42)(H,44,45)/b10-4+/t19-,23?/m0/s1. The van der Waals surface area contributed by atoms with Crippen molar-refractivity contribution in [2.45, 2.75) is 69.9 Å². The zero-order valence-electron chi connectivity index (χ0n) is 25.3. The van der Waals surface area contributed by atoms with E-state index in [4.69, 9.17) is 4.74 Å². The van der Waals surface area contributed by atoms with Gasteiger partial charge < -0.3 is 29.9 Å². The molecule has 0 radical (unpaired) electrons. The van der Waals surface area contributed by atoms with Crippen LogP contribution >= 0.6 is 0 Å². The molecule has 1 saturated heterocycles. The van der Waals surface area contributed by atoms with Crippen molar-refractivity contribution >= 4 is 34.8 Å². The van der Waals surface area contributed by atoms with Gasteiger partial charge >= 0.3 is 12.3 Å². The zero-order chi connectivity index (χ0) is 33.4. The third-order valence-corrected chi connectivity index (χ3v) is 7.24. The topological polar surface area (TPSA) is 174 Å². The van der Waals surface area contributed by atoms with Crippen molar-refractivity contribution in [1.82, 2.24) is 34.3 Å². The first-order valence-corrected chi connectivity index (χ1v) is 14.6. The van der Waals surface area contributed by atoms with Crippen molar-refractivity contribution in [2.24, 2.45) is 0 Å². The van der Waals surface area contributed by atoms with E-state index in [9.17, 15) is 37.5 Å². The lowest BCUT2D eigenvalue weighted by atomic mass is 10.1. The fraction of sp³-hybridized carbons (Fsp3) is 0.483. The van der Waals surface area contributed by atoms with Gasteiger partial charge in [0, 0.05) is 39.7 Å². The monoisotopic (exact) mass is 648 g/mol. The number of alkyl halides is 3. The SMILES string of the molecule is CN(C)C(=O)/C=C/CC[C@H](NC(=O)O)C(=O)Nc1cccn(Cc2nc3c(CCC(F)(F)F)ncnc3n2C2CCCCO2)c1=O. The second-order valence-electron chi connectivity index (χ2n) is 10.9. The van der Waals surface area contributed by atoms with Crippen LogP contribution < -0.4 is 16.2 Å². The Kier molecular flexibility index (Phi) is 11.1. The van der Waals surface area contributed by atoms with Crippen LogP contribution in [0.25, 0.3) is 11.2 Å². The predicted molar refractivity (Wildman–Crippen MR) is 159 cm³/mol. The molecule has 4 heterocycles. The summed E-state index contributed by atoms with van der Waals surface area (Å²) in [6.45, 7) is 0.323. The molecule has 1 unspecified atom stereocenters. The van der Waals surface area contributed by atoms with E-state index < -0.39 is 48.8 Å². The van der Waals surface area contributed by atoms with Crippen LogP contribution in [0.15, 0.2) is 41.6 Å². The summed E-state index contributed by atoms with van der Waals surface area (Å²) in [6.07, 6.45) is 0.105. The minimum absolute atomic E-state index is 0.0134. The molecule has 14 nitrogen and oxygen atoms in total. The van der Waals surface area contributed by atoms with Gasteiger partial charge in [-0.2, -0.15) is 13.2 Å². The van der Waals surface area contributed by atoms with Gasteiger partial charge in [-0.05, 0) is 50.3 Å². The fourth-order valence-corrected chi connectivity index (χ4v) is 4.93. The van der Waals surface area contributed by atoms with Crippen LogP contribution in [0, 0.1) is 0 Å². The number of carboxylic acid groups (broad SMARTS) is 1. The zero-order valence-corrected chi connectivity index (χ0v) is 25.3. The minimum Gasteiger partial charge on any atom is -0.465 e. The van der Waals surface area contributed by atoms with Crippen LogP contribution in [0.5, 0.6) is 0 Å². The molecule has 1 aliphatic heterocycles. The van der Waals surface area contributed by atoms with E-state index in [2.05, 4.69) is 25.6 Å². The van der Waals surface area contributed by atoms with Gasteiger partial charge in [0.1, 0.15) is 35.6 Å². The Morgan fingerprint density at radius 3 is 2.70 bits per heavy atom. The number of carbonyl (C=O) groups is 3. The van der Waals surface area contributed by atoms with Gasteiger partial charge in [-0.1, -0.05) is 6.08 Å². The number of pyridine rings is 1. The Balaban J connectivity index is 1.60. The van der Waals surface area contributed by atoms with E-state index in [0.717, 1.165) is 12.8 Å². The van der Waals surface area contributed by atoms with E-state index >= 15 is 0 Å². The number of ether oxygens (including phenoxy) is 1. The van der Waals surface area contributed by atoms with Crippen molar-refractivity contribution in [3.8, 4) is 0 Å². The van der Waals surface area contributed by atoms with Crippen molar-refractivity contribution < 1.29 is 37.4 Å². The molecule has 46 heavy (non-hydrogen) atoms. The summed E-state index contributed by atoms with van der Waals surface area (Å²) in [4.78, 5) is 63.9. The number of nitrogens with one attached hydrogen (secondary N) is 2. The highest BCUT2D eigenvalue weighted by atomic mass is 19.4. The number of hydrogen-bond acceptors (Lipinski definition) is 8. The lowest BCUT2D eigenvalue weighted by Gasteiger charge is -2.25. The van der Waals surface area contributed by atoms with Gasteiger partial charge in [0.2, 0.25) is 11.8 Å². The smallest absolute Gasteiger partial charge is 0.405 e. The molecule has 4 rings (SSSR count). The minimum atomic E-state index is -4.39. The van der Waals surface area contributed by atoms with Gasteiger partial charge in [-0.25, -0.2) is 19.7 Å². The van der Waals surface area contributed by atoms with Crippen molar-refractivity contribution in [3.05, 3.63) is 58.7 Å². The molecule has 0 aliphatic carbocycles. The van der Waals surface area contributed by atoms with Gasteiger partial charge in [0.25, 0.3) is 5.56 Å². The molecule has 17 heteroatoms. The molecule has 0 spiro atoms. The molecule has 3 N–H and O–H groups in total. The number of aromatic nitrogens is 5. The highest BCUT2D eigenvalue weighted by molar-refractivity contribution is 5.96. The maximum atomic E-state index is 13.5. The van der Waals surface area contributed by atoms with Crippen molar-refractivity contribution in [1.29, 1.82) is 0 Å². The number of aryl methyl sites for hydroxylation is 1. The average molecular weight is 649 g/mol. The largest absolute Gasteiger partial charge is 0.465 e. The number of amides is 3. The van der Waals surface area contributed by atoms with E-state index in [1.165, 1.54) is 46.3 Å². The molecule has 248 valence electrons. The Hall–Kier alpha value is -4.80. The van der Waals surface area contributed by atoms with Gasteiger partial charge in [0.05, 0.1) is 12.2 Å². The number of allylic oxidation sites excluding steroid dienone is 1. The van der Waals surface area contributed by atoms with Crippen molar-refractivity contribution in [3.63, 3.8) is 0 Å². The molecule has 0 saturated carbocycles. The Bertz CT molecular complexity index is 1650. The maximum absolute atomic E-state index is 13.5. The highest BCUT2D eigenvalue weighted by Gasteiger charge is 2.29. The number of carbonyl (C=O) groups excluding carboxylic acids is 2. The fourth-order valence-electron chi connectivity index (χ4n) is 4.93. The Labute approximate surface area is 261 Å². The van der Waals surface area contributed by atoms with Crippen LogP contribution in [-0.4, -0.2) is 84.9 Å². The summed E-state index contributed by atoms with van der Waals surface area (Å²) >= 11 is 0. The maximum Gasteiger partial charge on any atom is 0.405 e. The van der Waals surface area contributed by atoms with Crippen LogP contribution in [-0.2, 0) is 27.3 Å². The first kappa shape index (κ1) is 34.1. The second kappa shape index (κ2) is 15.0. The van der Waals surface area contributed by atoms with Crippen LogP contribution in [0.1, 0.15) is 56.3 Å². The Morgan fingerprint density at radius 1 is 1.24 bits per heavy atom. The molecule has 0 bridgehead atoms.